The van der Waals surface area contributed by atoms with E-state index in [2.05, 4.69) is 5.32 Å². The van der Waals surface area contributed by atoms with Crippen molar-refractivity contribution in [2.24, 2.45) is 0 Å². The highest BCUT2D eigenvalue weighted by Crippen LogP contribution is 2.43. The van der Waals surface area contributed by atoms with Crippen molar-refractivity contribution in [2.45, 2.75) is 6.10 Å². The summed E-state index contributed by atoms with van der Waals surface area (Å²) in [4.78, 5) is 0. The van der Waals surface area contributed by atoms with Crippen LogP contribution in [0.3, 0.4) is 0 Å². The van der Waals surface area contributed by atoms with Gasteiger partial charge in [0.2, 0.25) is 0 Å². The summed E-state index contributed by atoms with van der Waals surface area (Å²) in [7, 11) is 1.61. The molecule has 0 aliphatic heterocycles. The smallest absolute Gasteiger partial charge is 0.165 e. The summed E-state index contributed by atoms with van der Waals surface area (Å²) in [6.45, 7) is 0.135. The van der Waals surface area contributed by atoms with Crippen molar-refractivity contribution >= 4 is 11.6 Å². The molecule has 0 bridgehead atoms. The van der Waals surface area contributed by atoms with Crippen molar-refractivity contribution in [3.8, 4) is 17.2 Å². The summed E-state index contributed by atoms with van der Waals surface area (Å²) >= 11 is 5.69. The van der Waals surface area contributed by atoms with E-state index in [1.54, 1.807) is 7.05 Å². The van der Waals surface area contributed by atoms with Gasteiger partial charge in [0.05, 0.1) is 11.1 Å². The molecule has 1 unspecified atom stereocenters. The van der Waals surface area contributed by atoms with E-state index in [1.165, 1.54) is 0 Å². The molecule has 1 aromatic carbocycles. The summed E-state index contributed by atoms with van der Waals surface area (Å²) in [5, 5.41) is 40.1. The zero-order chi connectivity index (χ0) is 11.6. The third-order valence-electron chi connectivity index (χ3n) is 1.96. The fraction of sp³-hybridized carbons (Fsp3) is 0.333. The van der Waals surface area contributed by atoms with Gasteiger partial charge in [-0.15, -0.1) is 0 Å². The number of hydrogen-bond acceptors (Lipinski definition) is 5. The van der Waals surface area contributed by atoms with Crippen molar-refractivity contribution in [1.82, 2.24) is 5.32 Å². The van der Waals surface area contributed by atoms with Gasteiger partial charge in [0.25, 0.3) is 0 Å². The molecule has 6 heteroatoms. The first-order valence-corrected chi connectivity index (χ1v) is 4.62. The maximum atomic E-state index is 9.60. The number of rotatable bonds is 3. The van der Waals surface area contributed by atoms with Gasteiger partial charge in [0.1, 0.15) is 5.75 Å². The van der Waals surface area contributed by atoms with E-state index >= 15 is 0 Å². The summed E-state index contributed by atoms with van der Waals surface area (Å²) < 4.78 is 0. The van der Waals surface area contributed by atoms with Gasteiger partial charge >= 0.3 is 0 Å². The van der Waals surface area contributed by atoms with Gasteiger partial charge < -0.3 is 25.7 Å². The molecule has 84 valence electrons. The minimum atomic E-state index is -1.11. The molecule has 0 spiro atoms. The average Bonchev–Trinajstić information content (AvgIpc) is 2.16. The van der Waals surface area contributed by atoms with Crippen LogP contribution in [0.5, 0.6) is 17.2 Å². The van der Waals surface area contributed by atoms with Crippen LogP contribution in [-0.2, 0) is 0 Å². The third kappa shape index (κ3) is 2.26. The first-order valence-electron chi connectivity index (χ1n) is 4.25. The zero-order valence-corrected chi connectivity index (χ0v) is 8.78. The van der Waals surface area contributed by atoms with Crippen LogP contribution >= 0.6 is 11.6 Å². The lowest BCUT2D eigenvalue weighted by atomic mass is 10.1. The van der Waals surface area contributed by atoms with Crippen LogP contribution in [0, 0.1) is 0 Å². The van der Waals surface area contributed by atoms with E-state index in [0.29, 0.717) is 0 Å². The normalized spacial score (nSPS) is 12.7. The molecule has 15 heavy (non-hydrogen) atoms. The first kappa shape index (κ1) is 11.9. The lowest BCUT2D eigenvalue weighted by Crippen LogP contribution is -2.17. The minimum Gasteiger partial charge on any atom is -0.506 e. The number of halogens is 1. The Kier molecular flexibility index (Phi) is 3.62. The molecule has 0 aliphatic rings. The van der Waals surface area contributed by atoms with Crippen molar-refractivity contribution in [1.29, 1.82) is 0 Å². The lowest BCUT2D eigenvalue weighted by Gasteiger charge is -2.15. The molecular weight excluding hydrogens is 222 g/mol. The average molecular weight is 234 g/mol. The molecule has 0 saturated heterocycles. The Morgan fingerprint density at radius 2 is 1.93 bits per heavy atom. The molecule has 1 atom stereocenters. The SMILES string of the molecule is CNCC(O)c1c(O)c(O)cc(O)c1Cl. The monoisotopic (exact) mass is 233 g/mol. The van der Waals surface area contributed by atoms with Gasteiger partial charge in [0.15, 0.2) is 11.5 Å². The van der Waals surface area contributed by atoms with E-state index in [0.717, 1.165) is 6.07 Å². The highest BCUT2D eigenvalue weighted by molar-refractivity contribution is 6.33. The molecule has 0 heterocycles. The van der Waals surface area contributed by atoms with Crippen molar-refractivity contribution < 1.29 is 20.4 Å². The van der Waals surface area contributed by atoms with Gasteiger partial charge in [-0.1, -0.05) is 11.6 Å². The van der Waals surface area contributed by atoms with E-state index in [-0.39, 0.29) is 17.1 Å². The van der Waals surface area contributed by atoms with Gasteiger partial charge in [-0.2, -0.15) is 0 Å². The zero-order valence-electron chi connectivity index (χ0n) is 8.03. The van der Waals surface area contributed by atoms with Gasteiger partial charge in [-0.25, -0.2) is 0 Å². The number of likely N-dealkylation sites (N-methyl/N-ethyl adjacent to an activating group) is 1. The Labute approximate surface area is 91.6 Å². The van der Waals surface area contributed by atoms with Crippen molar-refractivity contribution in [3.63, 3.8) is 0 Å². The summed E-state index contributed by atoms with van der Waals surface area (Å²) in [5.41, 5.74) is -0.0940. The molecule has 0 saturated carbocycles. The van der Waals surface area contributed by atoms with E-state index in [9.17, 15) is 20.4 Å². The lowest BCUT2D eigenvalue weighted by molar-refractivity contribution is 0.172. The second-order valence-electron chi connectivity index (χ2n) is 3.06. The van der Waals surface area contributed by atoms with Crippen LogP contribution in [0.15, 0.2) is 6.07 Å². The highest BCUT2D eigenvalue weighted by Gasteiger charge is 2.21. The molecular formula is C9H12ClNO4. The van der Waals surface area contributed by atoms with Crippen LogP contribution in [0.2, 0.25) is 5.02 Å². The van der Waals surface area contributed by atoms with Gasteiger partial charge in [0, 0.05) is 18.2 Å². The predicted molar refractivity (Wildman–Crippen MR) is 55.3 cm³/mol. The number of benzene rings is 1. The highest BCUT2D eigenvalue weighted by atomic mass is 35.5. The standard InChI is InChI=1S/C9H12ClNO4/c1-11-3-6(14)7-8(10)4(12)2-5(13)9(7)15/h2,6,11-15H,3H2,1H3. The minimum absolute atomic E-state index is 0.0940. The fourth-order valence-corrected chi connectivity index (χ4v) is 1.51. The number of nitrogens with one attached hydrogen (secondary N) is 1. The van der Waals surface area contributed by atoms with Crippen LogP contribution in [0.25, 0.3) is 0 Å². The molecule has 0 fully saturated rings. The summed E-state index contributed by atoms with van der Waals surface area (Å²) in [6.07, 6.45) is -1.11. The Bertz CT molecular complexity index is 343. The number of aliphatic hydroxyl groups is 1. The van der Waals surface area contributed by atoms with Crippen LogP contribution in [0.4, 0.5) is 0 Å². The number of aliphatic hydroxyl groups excluding tert-OH is 1. The predicted octanol–water partition coefficient (Wildman–Crippen LogP) is 0.710. The largest absolute Gasteiger partial charge is 0.506 e. The first-order chi connectivity index (χ1) is 6.99. The number of hydrogen-bond donors (Lipinski definition) is 5. The summed E-state index contributed by atoms with van der Waals surface area (Å²) in [6, 6.07) is 0.910. The van der Waals surface area contributed by atoms with Gasteiger partial charge in [-0.05, 0) is 7.05 Å². The Balaban J connectivity index is 3.26. The quantitative estimate of drug-likeness (QED) is 0.392. The second-order valence-corrected chi connectivity index (χ2v) is 3.44. The van der Waals surface area contributed by atoms with Crippen LogP contribution in [0.1, 0.15) is 11.7 Å². The topological polar surface area (TPSA) is 93.0 Å². The van der Waals surface area contributed by atoms with Crippen molar-refractivity contribution in [3.05, 3.63) is 16.7 Å². The number of aromatic hydroxyl groups is 3. The molecule has 5 N–H and O–H groups in total. The fourth-order valence-electron chi connectivity index (χ4n) is 1.24. The van der Waals surface area contributed by atoms with E-state index in [4.69, 9.17) is 11.6 Å². The molecule has 0 aliphatic carbocycles. The molecule has 5 nitrogen and oxygen atoms in total. The summed E-state index contributed by atoms with van der Waals surface area (Å²) in [5.74, 6) is -1.44. The van der Waals surface area contributed by atoms with Crippen LogP contribution < -0.4 is 5.32 Å². The second kappa shape index (κ2) is 4.57. The third-order valence-corrected chi connectivity index (χ3v) is 2.36. The molecule has 0 aromatic heterocycles. The molecule has 1 aromatic rings. The molecule has 0 amide bonds. The van der Waals surface area contributed by atoms with E-state index < -0.39 is 23.4 Å². The number of phenolic OH excluding ortho intramolecular Hbond substituents is 3. The Morgan fingerprint density at radius 3 is 2.47 bits per heavy atom. The molecule has 1 rings (SSSR count). The van der Waals surface area contributed by atoms with E-state index in [1.807, 2.05) is 0 Å². The Morgan fingerprint density at radius 1 is 1.33 bits per heavy atom. The molecule has 0 radical (unpaired) electrons. The Hall–Kier alpha value is -1.17. The van der Waals surface area contributed by atoms with Crippen LogP contribution in [-0.4, -0.2) is 34.0 Å². The van der Waals surface area contributed by atoms with Gasteiger partial charge in [-0.3, -0.25) is 0 Å². The maximum absolute atomic E-state index is 9.60. The maximum Gasteiger partial charge on any atom is 0.165 e. The van der Waals surface area contributed by atoms with Crippen molar-refractivity contribution in [2.75, 3.05) is 13.6 Å². The number of phenols is 3.